The number of nitrogens with zero attached hydrogens (tertiary/aromatic N) is 1. The van der Waals surface area contributed by atoms with Crippen LogP contribution in [0.5, 0.6) is 0 Å². The van der Waals surface area contributed by atoms with Gasteiger partial charge in [0.1, 0.15) is 12.1 Å². The van der Waals surface area contributed by atoms with E-state index < -0.39 is 47.8 Å². The lowest BCUT2D eigenvalue weighted by Crippen LogP contribution is -2.56. The van der Waals surface area contributed by atoms with Gasteiger partial charge in [-0.05, 0) is 27.2 Å². The third-order valence-electron chi connectivity index (χ3n) is 3.17. The van der Waals surface area contributed by atoms with Crippen LogP contribution in [0, 0.1) is 0 Å². The van der Waals surface area contributed by atoms with Crippen molar-refractivity contribution in [2.75, 3.05) is 0 Å². The molecule has 0 aliphatic heterocycles. The molecule has 0 heterocycles. The zero-order valence-electron chi connectivity index (χ0n) is 13.8. The van der Waals surface area contributed by atoms with Crippen LogP contribution < -0.4 is 11.1 Å². The lowest BCUT2D eigenvalue weighted by Gasteiger charge is -2.28. The monoisotopic (exact) mass is 345 g/mol. The van der Waals surface area contributed by atoms with Crippen LogP contribution in [0.4, 0.5) is 0 Å². The van der Waals surface area contributed by atoms with Gasteiger partial charge < -0.3 is 21.3 Å². The second-order valence-corrected chi connectivity index (χ2v) is 5.38. The van der Waals surface area contributed by atoms with Crippen molar-refractivity contribution in [1.82, 2.24) is 10.2 Å². The molecule has 10 nitrogen and oxygen atoms in total. The van der Waals surface area contributed by atoms with Gasteiger partial charge in [0.05, 0.1) is 6.04 Å². The van der Waals surface area contributed by atoms with E-state index in [1.54, 1.807) is 0 Å². The minimum Gasteiger partial charge on any atom is -0.481 e. The van der Waals surface area contributed by atoms with E-state index in [4.69, 9.17) is 15.9 Å². The number of rotatable bonds is 9. The maximum atomic E-state index is 12.2. The second kappa shape index (κ2) is 9.60. The summed E-state index contributed by atoms with van der Waals surface area (Å²) in [5, 5.41) is 19.5. The molecule has 3 atom stereocenters. The third-order valence-corrected chi connectivity index (χ3v) is 3.17. The van der Waals surface area contributed by atoms with Crippen molar-refractivity contribution in [2.24, 2.45) is 5.73 Å². The van der Waals surface area contributed by atoms with Crippen LogP contribution >= 0.6 is 0 Å². The molecule has 0 saturated heterocycles. The first-order chi connectivity index (χ1) is 11.0. The van der Waals surface area contributed by atoms with Crippen LogP contribution in [-0.4, -0.2) is 62.9 Å². The number of amides is 3. The summed E-state index contributed by atoms with van der Waals surface area (Å²) in [7, 11) is 0. The lowest BCUT2D eigenvalue weighted by atomic mass is 10.1. The molecule has 0 aliphatic rings. The molecule has 0 aliphatic carbocycles. The van der Waals surface area contributed by atoms with Gasteiger partial charge in [-0.2, -0.15) is 0 Å². The Hall–Kier alpha value is -2.49. The van der Waals surface area contributed by atoms with E-state index in [0.29, 0.717) is 4.90 Å². The summed E-state index contributed by atoms with van der Waals surface area (Å²) < 4.78 is 0. The fourth-order valence-electron chi connectivity index (χ4n) is 1.77. The predicted molar refractivity (Wildman–Crippen MR) is 81.7 cm³/mol. The van der Waals surface area contributed by atoms with Gasteiger partial charge in [-0.1, -0.05) is 0 Å². The molecular formula is C14H23N3O7. The maximum Gasteiger partial charge on any atom is 0.325 e. The maximum absolute atomic E-state index is 12.2. The number of hydrogen-bond acceptors (Lipinski definition) is 6. The largest absolute Gasteiger partial charge is 0.481 e. The van der Waals surface area contributed by atoms with Gasteiger partial charge in [-0.25, -0.2) is 0 Å². The lowest BCUT2D eigenvalue weighted by molar-refractivity contribution is -0.152. The summed E-state index contributed by atoms with van der Waals surface area (Å²) in [6, 6.07) is -3.53. The molecule has 0 spiro atoms. The Morgan fingerprint density at radius 1 is 1.04 bits per heavy atom. The number of aliphatic carboxylic acids is 2. The molecular weight excluding hydrogens is 322 g/mol. The van der Waals surface area contributed by atoms with Gasteiger partial charge in [0.2, 0.25) is 17.7 Å². The number of carbonyl (C=O) groups excluding carboxylic acids is 3. The Bertz CT molecular complexity index is 518. The van der Waals surface area contributed by atoms with Gasteiger partial charge in [0.15, 0.2) is 0 Å². The minimum absolute atomic E-state index is 0.00321. The Morgan fingerprint density at radius 3 is 2.00 bits per heavy atom. The minimum atomic E-state index is -1.28. The van der Waals surface area contributed by atoms with Crippen molar-refractivity contribution >= 4 is 29.7 Å². The molecule has 5 N–H and O–H groups in total. The van der Waals surface area contributed by atoms with Crippen molar-refractivity contribution in [1.29, 1.82) is 0 Å². The van der Waals surface area contributed by atoms with Crippen molar-refractivity contribution in [3.05, 3.63) is 0 Å². The van der Waals surface area contributed by atoms with E-state index >= 15 is 0 Å². The number of imide groups is 1. The number of carboxylic acids is 2. The highest BCUT2D eigenvalue weighted by Crippen LogP contribution is 2.09. The average Bonchev–Trinajstić information content (AvgIpc) is 2.46. The molecule has 0 unspecified atom stereocenters. The van der Waals surface area contributed by atoms with Crippen LogP contribution in [0.15, 0.2) is 0 Å². The molecule has 0 fully saturated rings. The van der Waals surface area contributed by atoms with Gasteiger partial charge in [-0.15, -0.1) is 0 Å². The number of hydrogen-bond donors (Lipinski definition) is 4. The number of carbonyl (C=O) groups is 5. The summed E-state index contributed by atoms with van der Waals surface area (Å²) in [6.45, 7) is 3.84. The highest BCUT2D eigenvalue weighted by Gasteiger charge is 2.33. The predicted octanol–water partition coefficient (Wildman–Crippen LogP) is -1.08. The number of nitrogens with two attached hydrogens (primary N) is 1. The molecule has 0 bridgehead atoms. The van der Waals surface area contributed by atoms with E-state index in [0.717, 1.165) is 0 Å². The first-order valence-corrected chi connectivity index (χ1v) is 7.35. The van der Waals surface area contributed by atoms with E-state index in [1.807, 2.05) is 0 Å². The molecule has 0 aromatic rings. The van der Waals surface area contributed by atoms with Gasteiger partial charge in [0.25, 0.3) is 0 Å². The van der Waals surface area contributed by atoms with Crippen molar-refractivity contribution in [2.45, 2.75) is 58.2 Å². The van der Waals surface area contributed by atoms with Crippen molar-refractivity contribution in [3.8, 4) is 0 Å². The summed E-state index contributed by atoms with van der Waals surface area (Å²) in [5.41, 5.74) is 5.48. The van der Waals surface area contributed by atoms with Crippen molar-refractivity contribution < 1.29 is 34.2 Å². The average molecular weight is 345 g/mol. The zero-order chi connectivity index (χ0) is 19.0. The second-order valence-electron chi connectivity index (χ2n) is 5.38. The highest BCUT2D eigenvalue weighted by molar-refractivity contribution is 6.02. The molecule has 0 radical (unpaired) electrons. The van der Waals surface area contributed by atoms with Crippen LogP contribution in [0.3, 0.4) is 0 Å². The molecule has 0 aromatic heterocycles. The SMILES string of the molecule is C[C@H](N)C(=O)N(C(=O)CCCC(=O)O)[C@@H](C)C(=O)N[C@@H](C)C(=O)O. The summed E-state index contributed by atoms with van der Waals surface area (Å²) in [4.78, 5) is 58.3. The highest BCUT2D eigenvalue weighted by atomic mass is 16.4. The normalized spacial score (nSPS) is 14.2. The van der Waals surface area contributed by atoms with E-state index in [9.17, 15) is 24.0 Å². The molecule has 0 rings (SSSR count). The van der Waals surface area contributed by atoms with Crippen LogP contribution in [0.25, 0.3) is 0 Å². The summed E-state index contributed by atoms with van der Waals surface area (Å²) in [6.07, 6.45) is -0.518. The fourth-order valence-corrected chi connectivity index (χ4v) is 1.77. The molecule has 3 amide bonds. The number of carboxylic acid groups (broad SMARTS) is 2. The molecule has 0 aromatic carbocycles. The smallest absolute Gasteiger partial charge is 0.325 e. The first kappa shape index (κ1) is 21.5. The van der Waals surface area contributed by atoms with E-state index in [2.05, 4.69) is 5.32 Å². The third kappa shape index (κ3) is 6.73. The van der Waals surface area contributed by atoms with Gasteiger partial charge in [0, 0.05) is 12.8 Å². The Kier molecular flexibility index (Phi) is 8.61. The van der Waals surface area contributed by atoms with E-state index in [-0.39, 0.29) is 19.3 Å². The fraction of sp³-hybridized carbons (Fsp3) is 0.643. The molecule has 0 saturated carbocycles. The zero-order valence-corrected chi connectivity index (χ0v) is 13.8. The molecule has 136 valence electrons. The standard InChI is InChI=1S/C14H23N3O7/c1-7(15)13(22)17(10(18)5-4-6-11(19)20)9(3)12(21)16-8(2)14(23)24/h7-9H,4-6,15H2,1-3H3,(H,16,21)(H,19,20)(H,23,24)/t7-,8-,9-/m0/s1. The van der Waals surface area contributed by atoms with Crippen molar-refractivity contribution in [3.63, 3.8) is 0 Å². The Morgan fingerprint density at radius 2 is 1.58 bits per heavy atom. The summed E-state index contributed by atoms with van der Waals surface area (Å²) in [5.74, 6) is -4.74. The molecule has 10 heteroatoms. The Balaban J connectivity index is 5.14. The molecule has 24 heavy (non-hydrogen) atoms. The topological polar surface area (TPSA) is 167 Å². The number of nitrogens with one attached hydrogen (secondary N) is 1. The van der Waals surface area contributed by atoms with Crippen LogP contribution in [0.1, 0.15) is 40.0 Å². The Labute approximate surface area is 139 Å². The van der Waals surface area contributed by atoms with E-state index in [1.165, 1.54) is 20.8 Å². The van der Waals surface area contributed by atoms with Crippen LogP contribution in [0.2, 0.25) is 0 Å². The first-order valence-electron chi connectivity index (χ1n) is 7.35. The van der Waals surface area contributed by atoms with Gasteiger partial charge in [-0.3, -0.25) is 28.9 Å². The quantitative estimate of drug-likeness (QED) is 0.409. The van der Waals surface area contributed by atoms with Gasteiger partial charge >= 0.3 is 11.9 Å². The van der Waals surface area contributed by atoms with Crippen LogP contribution in [-0.2, 0) is 24.0 Å². The summed E-state index contributed by atoms with van der Waals surface area (Å²) >= 11 is 0.